The second kappa shape index (κ2) is 10.4. The molecule has 7 heteroatoms. The van der Waals surface area contributed by atoms with E-state index in [2.05, 4.69) is 55.3 Å². The van der Waals surface area contributed by atoms with Gasteiger partial charge in [0.25, 0.3) is 0 Å². The predicted octanol–water partition coefficient (Wildman–Crippen LogP) is 7.58. The third-order valence-corrected chi connectivity index (χ3v) is 13.6. The molecule has 6 nitrogen and oxygen atoms in total. The lowest BCUT2D eigenvalue weighted by Gasteiger charge is -2.58. The Morgan fingerprint density at radius 2 is 1.68 bits per heavy atom. The van der Waals surface area contributed by atoms with Crippen LogP contribution in [0.15, 0.2) is 47.1 Å². The van der Waals surface area contributed by atoms with Crippen LogP contribution in [0.2, 0.25) is 0 Å². The molecule has 9 rings (SSSR count). The molecule has 234 valence electrons. The molecule has 0 spiro atoms. The maximum Gasteiger partial charge on any atom is 0.246 e. The largest absolute Gasteiger partial charge is 0.467 e. The van der Waals surface area contributed by atoms with Gasteiger partial charge in [0.1, 0.15) is 11.3 Å². The molecular weight excluding hydrogens is 566 g/mol. The third-order valence-electron chi connectivity index (χ3n) is 12.6. The van der Waals surface area contributed by atoms with Gasteiger partial charge in [-0.05, 0) is 129 Å². The first-order valence-corrected chi connectivity index (χ1v) is 18.1. The molecule has 2 atom stereocenters. The van der Waals surface area contributed by atoms with Crippen LogP contribution in [-0.2, 0) is 16.1 Å². The van der Waals surface area contributed by atoms with Gasteiger partial charge in [-0.2, -0.15) is 11.8 Å². The number of aromatic amines is 1. The summed E-state index contributed by atoms with van der Waals surface area (Å²) in [7, 11) is 0. The van der Waals surface area contributed by atoms with E-state index in [1.54, 1.807) is 6.26 Å². The van der Waals surface area contributed by atoms with Crippen LogP contribution in [-0.4, -0.2) is 44.3 Å². The summed E-state index contributed by atoms with van der Waals surface area (Å²) in [4.78, 5) is 35.1. The van der Waals surface area contributed by atoms with Gasteiger partial charge < -0.3 is 19.6 Å². The number of aromatic nitrogens is 1. The van der Waals surface area contributed by atoms with Crippen molar-refractivity contribution in [3.8, 4) is 0 Å². The van der Waals surface area contributed by atoms with Crippen LogP contribution in [0.3, 0.4) is 0 Å². The van der Waals surface area contributed by atoms with Crippen LogP contribution in [0, 0.1) is 36.0 Å². The molecule has 0 unspecified atom stereocenters. The summed E-state index contributed by atoms with van der Waals surface area (Å²) in [6.45, 7) is 7.12. The van der Waals surface area contributed by atoms with Gasteiger partial charge >= 0.3 is 0 Å². The average molecular weight is 614 g/mol. The number of H-pyrrole nitrogens is 1. The summed E-state index contributed by atoms with van der Waals surface area (Å²) in [5, 5.41) is 4.98. The summed E-state index contributed by atoms with van der Waals surface area (Å²) in [6.07, 6.45) is 10.9. The highest BCUT2D eigenvalue weighted by molar-refractivity contribution is 7.99. The number of nitrogens with zero attached hydrogens (tertiary/aromatic N) is 1. The molecule has 0 radical (unpaired) electrons. The summed E-state index contributed by atoms with van der Waals surface area (Å²) in [6, 6.07) is 12.4. The molecule has 5 saturated carbocycles. The molecule has 1 saturated heterocycles. The van der Waals surface area contributed by atoms with Crippen molar-refractivity contribution in [2.24, 2.45) is 29.1 Å². The molecule has 2 N–H and O–H groups in total. The minimum absolute atomic E-state index is 0.00122. The zero-order valence-electron chi connectivity index (χ0n) is 26.5. The van der Waals surface area contributed by atoms with Crippen LogP contribution < -0.4 is 5.32 Å². The van der Waals surface area contributed by atoms with Crippen molar-refractivity contribution in [2.45, 2.75) is 102 Å². The fraction of sp³-hybridized carbons (Fsp3) is 0.622. The van der Waals surface area contributed by atoms with Crippen LogP contribution in [0.25, 0.3) is 10.9 Å². The predicted molar refractivity (Wildman–Crippen MR) is 175 cm³/mol. The van der Waals surface area contributed by atoms with E-state index >= 15 is 0 Å². The van der Waals surface area contributed by atoms with Crippen LogP contribution in [0.1, 0.15) is 94.6 Å². The van der Waals surface area contributed by atoms with E-state index in [1.807, 2.05) is 28.8 Å². The first-order valence-electron chi connectivity index (χ1n) is 17.0. The minimum Gasteiger partial charge on any atom is -0.467 e. The van der Waals surface area contributed by atoms with Gasteiger partial charge in [-0.1, -0.05) is 32.0 Å². The molecule has 2 aromatic heterocycles. The fourth-order valence-corrected chi connectivity index (χ4v) is 11.8. The molecule has 44 heavy (non-hydrogen) atoms. The number of benzene rings is 1. The van der Waals surface area contributed by atoms with Crippen LogP contribution in [0.5, 0.6) is 0 Å². The Morgan fingerprint density at radius 1 is 1.00 bits per heavy atom. The van der Waals surface area contributed by atoms with E-state index in [1.165, 1.54) is 35.9 Å². The van der Waals surface area contributed by atoms with Gasteiger partial charge in [-0.15, -0.1) is 0 Å². The minimum atomic E-state index is -0.844. The zero-order chi connectivity index (χ0) is 30.3. The lowest BCUT2D eigenvalue weighted by molar-refractivity contribution is -0.153. The zero-order valence-corrected chi connectivity index (χ0v) is 27.3. The van der Waals surface area contributed by atoms with Crippen molar-refractivity contribution in [3.63, 3.8) is 0 Å². The first-order chi connectivity index (χ1) is 21.2. The molecule has 3 heterocycles. The fourth-order valence-electron chi connectivity index (χ4n) is 10.7. The van der Waals surface area contributed by atoms with Gasteiger partial charge in [0.15, 0.2) is 0 Å². The van der Waals surface area contributed by atoms with Crippen molar-refractivity contribution in [2.75, 3.05) is 11.5 Å². The monoisotopic (exact) mass is 613 g/mol. The van der Waals surface area contributed by atoms with Crippen molar-refractivity contribution in [1.29, 1.82) is 0 Å². The highest BCUT2D eigenvalue weighted by atomic mass is 32.2. The van der Waals surface area contributed by atoms with Crippen molar-refractivity contribution in [1.82, 2.24) is 15.2 Å². The van der Waals surface area contributed by atoms with Crippen molar-refractivity contribution < 1.29 is 14.0 Å². The highest BCUT2D eigenvalue weighted by Gasteiger charge is 2.61. The smallest absolute Gasteiger partial charge is 0.246 e. The summed E-state index contributed by atoms with van der Waals surface area (Å²) < 4.78 is 5.83. The van der Waals surface area contributed by atoms with Crippen LogP contribution >= 0.6 is 11.8 Å². The lowest BCUT2D eigenvalue weighted by atomic mass is 9.53. The van der Waals surface area contributed by atoms with Gasteiger partial charge in [-0.25, -0.2) is 0 Å². The molecular formula is C37H47N3O3S. The van der Waals surface area contributed by atoms with Crippen LogP contribution in [0.4, 0.5) is 0 Å². The second-order valence-corrected chi connectivity index (χ2v) is 16.9. The normalized spacial score (nSPS) is 32.9. The Balaban J connectivity index is 1.10. The Labute approximate surface area is 265 Å². The van der Waals surface area contributed by atoms with Gasteiger partial charge in [0.05, 0.1) is 12.8 Å². The van der Waals surface area contributed by atoms with E-state index < -0.39 is 5.54 Å². The number of fused-ring (bicyclic) bond motifs is 1. The molecule has 2 amide bonds. The number of rotatable bonds is 8. The number of hydrogen-bond donors (Lipinski definition) is 2. The Hall–Kier alpha value is -2.67. The number of thioether (sulfide) groups is 1. The number of carbonyl (C=O) groups is 2. The maximum atomic E-state index is 14.8. The van der Waals surface area contributed by atoms with Gasteiger partial charge in [0, 0.05) is 28.6 Å². The number of aryl methyl sites for hydroxylation is 1. The van der Waals surface area contributed by atoms with Crippen molar-refractivity contribution >= 4 is 34.5 Å². The lowest BCUT2D eigenvalue weighted by Crippen LogP contribution is -2.68. The molecule has 4 bridgehead atoms. The number of para-hydroxylation sites is 1. The molecule has 1 aliphatic heterocycles. The summed E-state index contributed by atoms with van der Waals surface area (Å²) in [5.41, 5.74) is 2.78. The maximum absolute atomic E-state index is 14.8. The van der Waals surface area contributed by atoms with E-state index in [0.717, 1.165) is 59.8 Å². The number of nitrogens with one attached hydrogen (secondary N) is 2. The first kappa shape index (κ1) is 28.8. The van der Waals surface area contributed by atoms with E-state index in [-0.39, 0.29) is 28.7 Å². The molecule has 5 aliphatic carbocycles. The highest BCUT2D eigenvalue weighted by Crippen LogP contribution is 2.67. The van der Waals surface area contributed by atoms with Gasteiger partial charge in [-0.3, -0.25) is 9.59 Å². The number of amides is 2. The topological polar surface area (TPSA) is 78.3 Å². The quantitative estimate of drug-likeness (QED) is 0.275. The Morgan fingerprint density at radius 3 is 2.34 bits per heavy atom. The number of carbonyl (C=O) groups excluding carboxylic acids is 2. The summed E-state index contributed by atoms with van der Waals surface area (Å²) in [5.74, 6) is 5.49. The van der Waals surface area contributed by atoms with E-state index in [4.69, 9.17) is 4.42 Å². The second-order valence-electron chi connectivity index (χ2n) is 15.7. The van der Waals surface area contributed by atoms with Gasteiger partial charge in [0.2, 0.25) is 11.8 Å². The standard InChI is InChI=1S/C37H47N3O3S/c1-23-32(28-8-4-5-9-30(28)38-23)33-29(35(33,2)3)18-31(41)40(22-27-7-6-12-43-27)37(10-13-44-14-11-37)34(42)39-36-19-24-15-25(20-36)17-26(16-24)21-36/h4-9,12,24-26,29,33,38H,10-11,13-22H2,1-3H3,(H,39,42)/t24?,25?,26?,29-,33+,36?/m1/s1. The molecule has 6 fully saturated rings. The number of hydrogen-bond acceptors (Lipinski definition) is 4. The Kier molecular flexibility index (Phi) is 6.82. The Bertz CT molecular complexity index is 1530. The van der Waals surface area contributed by atoms with E-state index in [0.29, 0.717) is 31.7 Å². The van der Waals surface area contributed by atoms with E-state index in [9.17, 15) is 9.59 Å². The number of furan rings is 1. The average Bonchev–Trinajstić information content (AvgIpc) is 3.35. The third kappa shape index (κ3) is 4.66. The molecule has 6 aliphatic rings. The SMILES string of the molecule is Cc1[nH]c2ccccc2c1[C@@H]1[C@@H](CC(=O)N(Cc2ccco2)C2(C(=O)NC34CC5CC(CC(C5)C3)C4)CCSCC2)C1(C)C. The molecule has 1 aromatic carbocycles. The summed E-state index contributed by atoms with van der Waals surface area (Å²) >= 11 is 1.90. The molecule has 3 aromatic rings. The van der Waals surface area contributed by atoms with Crippen molar-refractivity contribution in [3.05, 3.63) is 59.7 Å².